The van der Waals surface area contributed by atoms with E-state index in [2.05, 4.69) is 0 Å². The number of rotatable bonds is 5. The van der Waals surface area contributed by atoms with Gasteiger partial charge in [-0.1, -0.05) is 43.7 Å². The molecule has 1 atom stereocenters. The summed E-state index contributed by atoms with van der Waals surface area (Å²) in [6.07, 6.45) is 0. The van der Waals surface area contributed by atoms with Gasteiger partial charge in [0.25, 0.3) is 11.7 Å². The molecule has 1 amide bonds. The molecule has 35 heavy (non-hydrogen) atoms. The first-order valence-corrected chi connectivity index (χ1v) is 11.1. The average Bonchev–Trinajstić information content (AvgIpc) is 3.10. The molecule has 0 radical (unpaired) electrons. The second-order valence-corrected chi connectivity index (χ2v) is 8.79. The summed E-state index contributed by atoms with van der Waals surface area (Å²) in [7, 11) is 1.54. The lowest BCUT2D eigenvalue weighted by Gasteiger charge is -2.26. The molecule has 0 spiro atoms. The lowest BCUT2D eigenvalue weighted by Crippen LogP contribution is -2.30. The molecule has 4 rings (SSSR count). The van der Waals surface area contributed by atoms with Crippen LogP contribution in [-0.2, 0) is 9.59 Å². The summed E-state index contributed by atoms with van der Waals surface area (Å²) in [4.78, 5) is 27.4. The number of ketones is 1. The Bertz CT molecular complexity index is 1360. The normalized spacial score (nSPS) is 17.3. The van der Waals surface area contributed by atoms with E-state index >= 15 is 0 Å². The first-order chi connectivity index (χ1) is 16.6. The maximum absolute atomic E-state index is 14.8. The molecular weight excluding hydrogens is 452 g/mol. The first-order valence-electron chi connectivity index (χ1n) is 11.1. The zero-order valence-electron chi connectivity index (χ0n) is 19.8. The van der Waals surface area contributed by atoms with Crippen molar-refractivity contribution in [1.82, 2.24) is 0 Å². The van der Waals surface area contributed by atoms with Crippen LogP contribution in [0.15, 0.2) is 66.2 Å². The Morgan fingerprint density at radius 3 is 2.43 bits per heavy atom. The topological polar surface area (TPSA) is 66.8 Å². The van der Waals surface area contributed by atoms with Crippen molar-refractivity contribution in [1.29, 1.82) is 0 Å². The van der Waals surface area contributed by atoms with Gasteiger partial charge in [-0.15, -0.1) is 0 Å². The molecule has 1 unspecified atom stereocenters. The van der Waals surface area contributed by atoms with Gasteiger partial charge in [-0.3, -0.25) is 14.5 Å². The van der Waals surface area contributed by atoms with Gasteiger partial charge in [0.2, 0.25) is 0 Å². The van der Waals surface area contributed by atoms with Gasteiger partial charge >= 0.3 is 0 Å². The molecule has 180 valence electrons. The minimum absolute atomic E-state index is 0.0501. The Morgan fingerprint density at radius 2 is 1.77 bits per heavy atom. The molecule has 5 nitrogen and oxygen atoms in total. The standard InChI is InChI=1S/C28H25F2NO4/c1-15(2)20-13-18(8-11-23(20)35-4)26(32)24-25(17-7-5-6-16(3)12-17)31(28(34)27(24)33)22-14-19(29)9-10-21(22)30/h5-15,25,32H,1-4H3/b26-24-. The molecule has 0 saturated carbocycles. The van der Waals surface area contributed by atoms with E-state index in [1.165, 1.54) is 7.11 Å². The number of methoxy groups -OCH3 is 1. The van der Waals surface area contributed by atoms with E-state index in [1.54, 1.807) is 36.4 Å². The van der Waals surface area contributed by atoms with E-state index in [4.69, 9.17) is 4.74 Å². The third-order valence-electron chi connectivity index (χ3n) is 6.10. The molecule has 3 aromatic carbocycles. The number of ether oxygens (including phenoxy) is 1. The fourth-order valence-electron chi connectivity index (χ4n) is 4.40. The summed E-state index contributed by atoms with van der Waals surface area (Å²) < 4.78 is 34.3. The summed E-state index contributed by atoms with van der Waals surface area (Å²) >= 11 is 0. The summed E-state index contributed by atoms with van der Waals surface area (Å²) in [5.74, 6) is -3.40. The Morgan fingerprint density at radius 1 is 1.03 bits per heavy atom. The number of aliphatic hydroxyl groups excluding tert-OH is 1. The van der Waals surface area contributed by atoms with E-state index in [9.17, 15) is 23.5 Å². The van der Waals surface area contributed by atoms with Gasteiger partial charge in [-0.25, -0.2) is 8.78 Å². The SMILES string of the molecule is COc1ccc(/C(O)=C2/C(=O)C(=O)N(c3cc(F)ccc3F)C2c2cccc(C)c2)cc1C(C)C. The Labute approximate surface area is 202 Å². The number of carbonyl (C=O) groups is 2. The Hall–Kier alpha value is -4.00. The smallest absolute Gasteiger partial charge is 0.300 e. The van der Waals surface area contributed by atoms with Crippen LogP contribution in [0.1, 0.15) is 48.1 Å². The third-order valence-corrected chi connectivity index (χ3v) is 6.10. The Balaban J connectivity index is 1.99. The maximum atomic E-state index is 14.8. The quantitative estimate of drug-likeness (QED) is 0.277. The van der Waals surface area contributed by atoms with Crippen LogP contribution in [0, 0.1) is 18.6 Å². The number of aryl methyl sites for hydroxylation is 1. The predicted molar refractivity (Wildman–Crippen MR) is 129 cm³/mol. The zero-order chi connectivity index (χ0) is 25.4. The molecule has 3 aromatic rings. The van der Waals surface area contributed by atoms with Crippen LogP contribution in [-0.4, -0.2) is 23.9 Å². The van der Waals surface area contributed by atoms with Crippen molar-refractivity contribution in [2.45, 2.75) is 32.7 Å². The van der Waals surface area contributed by atoms with Crippen LogP contribution in [0.25, 0.3) is 5.76 Å². The van der Waals surface area contributed by atoms with Crippen molar-refractivity contribution in [3.05, 3.63) is 100 Å². The maximum Gasteiger partial charge on any atom is 0.300 e. The number of carbonyl (C=O) groups excluding carboxylic acids is 2. The van der Waals surface area contributed by atoms with E-state index in [0.29, 0.717) is 16.9 Å². The summed E-state index contributed by atoms with van der Waals surface area (Å²) in [6.45, 7) is 5.75. The van der Waals surface area contributed by atoms with Crippen molar-refractivity contribution >= 4 is 23.1 Å². The van der Waals surface area contributed by atoms with Gasteiger partial charge in [0, 0.05) is 11.6 Å². The van der Waals surface area contributed by atoms with E-state index < -0.39 is 35.1 Å². The molecule has 1 aliphatic heterocycles. The van der Waals surface area contributed by atoms with Crippen LogP contribution >= 0.6 is 0 Å². The highest BCUT2D eigenvalue weighted by molar-refractivity contribution is 6.51. The fourth-order valence-corrected chi connectivity index (χ4v) is 4.40. The van der Waals surface area contributed by atoms with E-state index in [-0.39, 0.29) is 17.2 Å². The van der Waals surface area contributed by atoms with E-state index in [0.717, 1.165) is 34.2 Å². The molecule has 1 saturated heterocycles. The summed E-state index contributed by atoms with van der Waals surface area (Å²) in [6, 6.07) is 13.5. The van der Waals surface area contributed by atoms with Gasteiger partial charge in [-0.05, 0) is 54.3 Å². The minimum atomic E-state index is -1.16. The fraction of sp³-hybridized carbons (Fsp3) is 0.214. The predicted octanol–water partition coefficient (Wildman–Crippen LogP) is 6.03. The monoisotopic (exact) mass is 477 g/mol. The number of nitrogens with zero attached hydrogens (tertiary/aromatic N) is 1. The number of halogens is 2. The van der Waals surface area contributed by atoms with Gasteiger partial charge in [0.15, 0.2) is 0 Å². The largest absolute Gasteiger partial charge is 0.507 e. The zero-order valence-corrected chi connectivity index (χ0v) is 19.8. The molecule has 7 heteroatoms. The van der Waals surface area contributed by atoms with Crippen molar-refractivity contribution in [3.8, 4) is 5.75 Å². The second-order valence-electron chi connectivity index (χ2n) is 8.79. The molecule has 1 heterocycles. The number of amides is 1. The highest BCUT2D eigenvalue weighted by Crippen LogP contribution is 2.43. The number of Topliss-reactive ketones (excluding diaryl/α,β-unsaturated/α-hetero) is 1. The third kappa shape index (κ3) is 4.30. The van der Waals surface area contributed by atoms with Crippen molar-refractivity contribution in [3.63, 3.8) is 0 Å². The second kappa shape index (κ2) is 9.33. The molecular formula is C28H25F2NO4. The highest BCUT2D eigenvalue weighted by Gasteiger charge is 2.48. The van der Waals surface area contributed by atoms with Crippen molar-refractivity contribution in [2.75, 3.05) is 12.0 Å². The Kier molecular flexibility index (Phi) is 6.43. The summed E-state index contributed by atoms with van der Waals surface area (Å²) in [5, 5.41) is 11.3. The molecule has 1 aliphatic rings. The van der Waals surface area contributed by atoms with Crippen molar-refractivity contribution in [2.24, 2.45) is 0 Å². The molecule has 0 aliphatic carbocycles. The number of anilines is 1. The summed E-state index contributed by atoms with van der Waals surface area (Å²) in [5.41, 5.74) is 1.84. The van der Waals surface area contributed by atoms with Gasteiger partial charge < -0.3 is 9.84 Å². The van der Waals surface area contributed by atoms with E-state index in [1.807, 2.05) is 26.8 Å². The lowest BCUT2D eigenvalue weighted by atomic mass is 9.92. The van der Waals surface area contributed by atoms with Gasteiger partial charge in [0.05, 0.1) is 24.4 Å². The van der Waals surface area contributed by atoms with Gasteiger partial charge in [0.1, 0.15) is 23.1 Å². The first kappa shape index (κ1) is 24.1. The number of hydrogen-bond donors (Lipinski definition) is 1. The number of hydrogen-bond acceptors (Lipinski definition) is 4. The molecule has 0 bridgehead atoms. The average molecular weight is 478 g/mol. The van der Waals surface area contributed by atoms with Crippen LogP contribution in [0.4, 0.5) is 14.5 Å². The van der Waals surface area contributed by atoms with Crippen LogP contribution in [0.5, 0.6) is 5.75 Å². The minimum Gasteiger partial charge on any atom is -0.507 e. The molecule has 1 N–H and O–H groups in total. The highest BCUT2D eigenvalue weighted by atomic mass is 19.1. The number of benzene rings is 3. The van der Waals surface area contributed by atoms with Crippen LogP contribution in [0.2, 0.25) is 0 Å². The van der Waals surface area contributed by atoms with Crippen LogP contribution < -0.4 is 9.64 Å². The molecule has 1 fully saturated rings. The van der Waals surface area contributed by atoms with Crippen molar-refractivity contribution < 1.29 is 28.2 Å². The lowest BCUT2D eigenvalue weighted by molar-refractivity contribution is -0.132. The number of aliphatic hydroxyl groups is 1. The van der Waals surface area contributed by atoms with Crippen LogP contribution in [0.3, 0.4) is 0 Å². The van der Waals surface area contributed by atoms with Gasteiger partial charge in [-0.2, -0.15) is 0 Å². The molecule has 0 aromatic heterocycles.